The fraction of sp³-hybridized carbons (Fsp3) is 0.156. The van der Waals surface area contributed by atoms with Gasteiger partial charge in [-0.15, -0.1) is 21.5 Å². The zero-order valence-electron chi connectivity index (χ0n) is 23.3. The van der Waals surface area contributed by atoms with Crippen molar-refractivity contribution in [1.29, 1.82) is 0 Å². The Morgan fingerprint density at radius 3 is 2.63 bits per heavy atom. The van der Waals surface area contributed by atoms with E-state index in [9.17, 15) is 14.7 Å². The second kappa shape index (κ2) is 12.1. The Hall–Kier alpha value is -4.32. The number of carbonyl (C=O) groups excluding carboxylic acids is 2. The molecule has 6 rings (SSSR count). The second-order valence-corrected chi connectivity index (χ2v) is 13.1. The molecule has 1 N–H and O–H groups in total. The number of benzene rings is 3. The van der Waals surface area contributed by atoms with E-state index < -0.39 is 23.5 Å². The quantitative estimate of drug-likeness (QED) is 0.0740. The molecule has 3 aromatic carbocycles. The third-order valence-electron chi connectivity index (χ3n) is 6.97. The van der Waals surface area contributed by atoms with Crippen molar-refractivity contribution in [3.63, 3.8) is 0 Å². The Bertz CT molecular complexity index is 1910. The van der Waals surface area contributed by atoms with Crippen LogP contribution in [0.2, 0.25) is 0 Å². The molecule has 0 saturated heterocycles. The highest BCUT2D eigenvalue weighted by Gasteiger charge is 2.47. The van der Waals surface area contributed by atoms with Crippen LogP contribution in [0.25, 0.3) is 10.8 Å². The molecule has 216 valence electrons. The molecular formula is C32H26N4O4S3. The van der Waals surface area contributed by atoms with E-state index in [0.29, 0.717) is 37.0 Å². The van der Waals surface area contributed by atoms with Gasteiger partial charge in [0.05, 0.1) is 21.2 Å². The smallest absolute Gasteiger partial charge is 0.296 e. The lowest BCUT2D eigenvalue weighted by molar-refractivity contribution is -0.117. The second-order valence-electron chi connectivity index (χ2n) is 9.73. The first-order chi connectivity index (χ1) is 20.9. The highest BCUT2D eigenvalue weighted by atomic mass is 32.2. The number of para-hydroxylation sites is 1. The van der Waals surface area contributed by atoms with E-state index >= 15 is 0 Å². The predicted octanol–water partition coefficient (Wildman–Crippen LogP) is 7.40. The number of aromatic nitrogens is 3. The van der Waals surface area contributed by atoms with Gasteiger partial charge in [-0.2, -0.15) is 0 Å². The largest absolute Gasteiger partial charge is 0.503 e. The number of ketones is 1. The van der Waals surface area contributed by atoms with Crippen LogP contribution in [0.1, 0.15) is 37.5 Å². The van der Waals surface area contributed by atoms with Crippen LogP contribution < -0.4 is 9.64 Å². The number of fused-ring (bicyclic) bond motifs is 1. The molecule has 2 aromatic heterocycles. The van der Waals surface area contributed by atoms with Crippen LogP contribution in [-0.2, 0) is 10.5 Å². The van der Waals surface area contributed by atoms with E-state index in [0.717, 1.165) is 10.9 Å². The number of anilines is 1. The minimum atomic E-state index is -0.994. The lowest BCUT2D eigenvalue weighted by Gasteiger charge is -2.25. The summed E-state index contributed by atoms with van der Waals surface area (Å²) in [6.07, 6.45) is 1.61. The highest BCUT2D eigenvalue weighted by molar-refractivity contribution is 8.00. The van der Waals surface area contributed by atoms with E-state index in [-0.39, 0.29) is 17.3 Å². The van der Waals surface area contributed by atoms with Gasteiger partial charge in [0.1, 0.15) is 18.4 Å². The van der Waals surface area contributed by atoms with Gasteiger partial charge in [0, 0.05) is 11.3 Å². The molecule has 1 atom stereocenters. The Morgan fingerprint density at radius 2 is 1.84 bits per heavy atom. The summed E-state index contributed by atoms with van der Waals surface area (Å²) < 4.78 is 6.58. The summed E-state index contributed by atoms with van der Waals surface area (Å²) in [5.74, 6) is -0.706. The predicted molar refractivity (Wildman–Crippen MR) is 171 cm³/mol. The van der Waals surface area contributed by atoms with Gasteiger partial charge >= 0.3 is 0 Å². The molecular weight excluding hydrogens is 601 g/mol. The van der Waals surface area contributed by atoms with Crippen LogP contribution >= 0.6 is 34.4 Å². The Kier molecular flexibility index (Phi) is 8.11. The van der Waals surface area contributed by atoms with Crippen LogP contribution in [0.3, 0.4) is 0 Å². The average Bonchev–Trinajstić information content (AvgIpc) is 3.69. The van der Waals surface area contributed by atoms with Crippen molar-refractivity contribution in [2.45, 2.75) is 30.0 Å². The summed E-state index contributed by atoms with van der Waals surface area (Å²) in [6, 6.07) is 20.5. The number of amides is 1. The zero-order valence-corrected chi connectivity index (χ0v) is 25.8. The standard InChI is InChI=1S/C32H26N4O4S3/c1-4-16-40-24-15-8-7-14-23(24)26-25(27(37)29-18(2)33-19(3)42-29)28(38)30(39)36(26)31-34-35-32(43-31)41-17-21-12-9-11-20-10-5-6-13-22(20)21/h4-15,26,38H,1,16-17H2,2-3H3. The number of Topliss-reactive ketones (excluding diaryl/α,β-unsaturated/α-hetero) is 1. The number of carbonyl (C=O) groups is 2. The SMILES string of the molecule is C=CCOc1ccccc1C1C(C(=O)c2sc(C)nc2C)=C(O)C(=O)N1c1nnc(SCc2cccc3ccccc23)s1. The molecule has 11 heteroatoms. The number of thioether (sulfide) groups is 1. The molecule has 1 unspecified atom stereocenters. The van der Waals surface area contributed by atoms with Gasteiger partial charge in [0.2, 0.25) is 10.9 Å². The number of aryl methyl sites for hydroxylation is 2. The molecule has 1 aliphatic heterocycles. The summed E-state index contributed by atoms with van der Waals surface area (Å²) >= 11 is 3.97. The number of aliphatic hydroxyl groups is 1. The highest BCUT2D eigenvalue weighted by Crippen LogP contribution is 2.46. The number of rotatable bonds is 10. The van der Waals surface area contributed by atoms with Gasteiger partial charge in [0.25, 0.3) is 5.91 Å². The van der Waals surface area contributed by atoms with Gasteiger partial charge in [-0.05, 0) is 36.2 Å². The average molecular weight is 627 g/mol. The van der Waals surface area contributed by atoms with Crippen LogP contribution in [-0.4, -0.2) is 38.6 Å². The Labute approximate surface area is 260 Å². The van der Waals surface area contributed by atoms with Crippen molar-refractivity contribution < 1.29 is 19.4 Å². The van der Waals surface area contributed by atoms with Gasteiger partial charge in [-0.25, -0.2) is 4.98 Å². The molecule has 8 nitrogen and oxygen atoms in total. The topological polar surface area (TPSA) is 106 Å². The summed E-state index contributed by atoms with van der Waals surface area (Å²) in [6.45, 7) is 7.49. The molecule has 1 aliphatic rings. The van der Waals surface area contributed by atoms with Crippen molar-refractivity contribution >= 4 is 62.0 Å². The van der Waals surface area contributed by atoms with E-state index in [1.165, 1.54) is 44.7 Å². The molecule has 3 heterocycles. The lowest BCUT2D eigenvalue weighted by Crippen LogP contribution is -2.31. The van der Waals surface area contributed by atoms with Crippen LogP contribution in [0.4, 0.5) is 5.13 Å². The number of aliphatic hydroxyl groups excluding tert-OH is 1. The van der Waals surface area contributed by atoms with Crippen molar-refractivity contribution in [2.75, 3.05) is 11.5 Å². The van der Waals surface area contributed by atoms with Crippen molar-refractivity contribution in [2.24, 2.45) is 0 Å². The fourth-order valence-corrected chi connectivity index (χ4v) is 7.84. The van der Waals surface area contributed by atoms with Crippen LogP contribution in [0, 0.1) is 13.8 Å². The van der Waals surface area contributed by atoms with E-state index in [4.69, 9.17) is 4.74 Å². The first kappa shape index (κ1) is 28.8. The lowest BCUT2D eigenvalue weighted by atomic mass is 9.94. The van der Waals surface area contributed by atoms with Gasteiger partial charge in [-0.3, -0.25) is 14.5 Å². The number of hydrogen-bond donors (Lipinski definition) is 1. The third kappa shape index (κ3) is 5.47. The first-order valence-corrected chi connectivity index (χ1v) is 16.0. The van der Waals surface area contributed by atoms with Crippen molar-refractivity contribution in [3.8, 4) is 5.75 Å². The summed E-state index contributed by atoms with van der Waals surface area (Å²) in [5.41, 5.74) is 2.18. The van der Waals surface area contributed by atoms with Gasteiger partial charge in [-0.1, -0.05) is 96.4 Å². The first-order valence-electron chi connectivity index (χ1n) is 13.4. The van der Waals surface area contributed by atoms with E-state index in [2.05, 4.69) is 46.0 Å². The molecule has 43 heavy (non-hydrogen) atoms. The minimum absolute atomic E-state index is 0.0495. The fourth-order valence-electron chi connectivity index (χ4n) is 5.10. The number of thiazole rings is 1. The molecule has 0 fully saturated rings. The zero-order chi connectivity index (χ0) is 30.1. The maximum Gasteiger partial charge on any atom is 0.296 e. The van der Waals surface area contributed by atoms with Crippen LogP contribution in [0.5, 0.6) is 5.75 Å². The third-order valence-corrected chi connectivity index (χ3v) is 10.1. The summed E-state index contributed by atoms with van der Waals surface area (Å²) in [4.78, 5) is 33.8. The van der Waals surface area contributed by atoms with E-state index in [1.807, 2.05) is 25.1 Å². The molecule has 0 saturated carbocycles. The number of ether oxygens (including phenoxy) is 1. The number of nitrogens with zero attached hydrogens (tertiary/aromatic N) is 4. The molecule has 0 radical (unpaired) electrons. The molecule has 0 spiro atoms. The minimum Gasteiger partial charge on any atom is -0.503 e. The van der Waals surface area contributed by atoms with Crippen molar-refractivity contribution in [1.82, 2.24) is 15.2 Å². The Morgan fingerprint density at radius 1 is 1.07 bits per heavy atom. The maximum absolute atomic E-state index is 14.0. The normalized spacial score (nSPS) is 15.0. The summed E-state index contributed by atoms with van der Waals surface area (Å²) in [5, 5.41) is 23.2. The molecule has 0 aliphatic carbocycles. The maximum atomic E-state index is 14.0. The molecule has 0 bridgehead atoms. The molecule has 5 aromatic rings. The Balaban J connectivity index is 1.38. The number of hydrogen-bond acceptors (Lipinski definition) is 10. The monoisotopic (exact) mass is 626 g/mol. The van der Waals surface area contributed by atoms with Crippen molar-refractivity contribution in [3.05, 3.63) is 117 Å². The van der Waals surface area contributed by atoms with Gasteiger partial charge in [0.15, 0.2) is 10.1 Å². The summed E-state index contributed by atoms with van der Waals surface area (Å²) in [7, 11) is 0. The van der Waals surface area contributed by atoms with Gasteiger partial charge < -0.3 is 9.84 Å². The molecule has 1 amide bonds. The van der Waals surface area contributed by atoms with Crippen LogP contribution in [0.15, 0.2) is 95.1 Å². The van der Waals surface area contributed by atoms with E-state index in [1.54, 1.807) is 37.3 Å².